The predicted molar refractivity (Wildman–Crippen MR) is 196 cm³/mol. The summed E-state index contributed by atoms with van der Waals surface area (Å²) in [6.45, 7) is 9.48. The molecule has 11 nitrogen and oxygen atoms in total. The summed E-state index contributed by atoms with van der Waals surface area (Å²) in [5, 5.41) is 23.9. The normalized spacial score (nSPS) is 13.9. The van der Waals surface area contributed by atoms with Crippen LogP contribution in [0.15, 0.2) is 36.4 Å². The van der Waals surface area contributed by atoms with Crippen molar-refractivity contribution in [3.8, 4) is 5.75 Å². The van der Waals surface area contributed by atoms with Crippen LogP contribution < -0.4 is 10.1 Å². The molecular weight excluding hydrogens is 654 g/mol. The van der Waals surface area contributed by atoms with Crippen LogP contribution in [0.1, 0.15) is 136 Å². The van der Waals surface area contributed by atoms with Crippen LogP contribution in [-0.2, 0) is 39.9 Å². The Balaban J connectivity index is 3.08. The lowest BCUT2D eigenvalue weighted by atomic mass is 9.82. The van der Waals surface area contributed by atoms with E-state index in [-0.39, 0.29) is 6.42 Å². The van der Waals surface area contributed by atoms with E-state index in [9.17, 15) is 34.2 Å². The first kappa shape index (κ1) is 45.3. The molecule has 0 unspecified atom stereocenters. The second-order valence-corrected chi connectivity index (χ2v) is 14.2. The number of unbranched alkanes of at least 4 members (excludes halogenated alkanes) is 9. The third-order valence-corrected chi connectivity index (χ3v) is 8.37. The van der Waals surface area contributed by atoms with E-state index in [4.69, 9.17) is 14.2 Å². The average molecular weight is 718 g/mol. The first-order chi connectivity index (χ1) is 24.2. The van der Waals surface area contributed by atoms with Crippen molar-refractivity contribution in [2.45, 2.75) is 155 Å². The van der Waals surface area contributed by atoms with Crippen LogP contribution >= 0.6 is 0 Å². The zero-order valence-corrected chi connectivity index (χ0v) is 31.8. The second kappa shape index (κ2) is 24.5. The molecule has 1 amide bonds. The van der Waals surface area contributed by atoms with Gasteiger partial charge in [-0.05, 0) is 70.6 Å². The first-order valence-electron chi connectivity index (χ1n) is 18.6. The van der Waals surface area contributed by atoms with Crippen molar-refractivity contribution >= 4 is 29.6 Å². The summed E-state index contributed by atoms with van der Waals surface area (Å²) in [5.74, 6) is -5.25. The largest absolute Gasteiger partial charge is 0.494 e. The maximum Gasteiger partial charge on any atom is 0.340 e. The number of hydrogen-bond donors (Lipinski definition) is 3. The summed E-state index contributed by atoms with van der Waals surface area (Å²) in [6, 6.07) is 5.82. The molecule has 51 heavy (non-hydrogen) atoms. The molecule has 3 atom stereocenters. The minimum absolute atomic E-state index is 0.0231. The summed E-state index contributed by atoms with van der Waals surface area (Å²) < 4.78 is 16.0. The smallest absolute Gasteiger partial charge is 0.340 e. The topological polar surface area (TPSA) is 166 Å². The number of ketones is 1. The molecule has 0 heterocycles. The highest BCUT2D eigenvalue weighted by atomic mass is 16.6. The Morgan fingerprint density at radius 3 is 1.98 bits per heavy atom. The summed E-state index contributed by atoms with van der Waals surface area (Å²) >= 11 is 0. The molecule has 0 aliphatic heterocycles. The van der Waals surface area contributed by atoms with Crippen molar-refractivity contribution < 1.29 is 48.4 Å². The van der Waals surface area contributed by atoms with E-state index >= 15 is 0 Å². The number of carboxylic acids is 1. The Hall–Kier alpha value is -3.73. The molecule has 0 saturated carbocycles. The fourth-order valence-corrected chi connectivity index (χ4v) is 5.48. The minimum atomic E-state index is -2.78. The van der Waals surface area contributed by atoms with Gasteiger partial charge < -0.3 is 29.7 Å². The highest BCUT2D eigenvalue weighted by Crippen LogP contribution is 2.29. The van der Waals surface area contributed by atoms with E-state index < -0.39 is 53.4 Å². The zero-order valence-electron chi connectivity index (χ0n) is 31.8. The van der Waals surface area contributed by atoms with Crippen LogP contribution in [0.25, 0.3) is 0 Å². The lowest BCUT2D eigenvalue weighted by Crippen LogP contribution is -2.57. The SMILES string of the molecule is CCCCCCCC(=O)CCCCCCC=C[C@H](C(=O)N[C@@H](Cc1ccc(OCCCC)cc1)C(=O)OC)[C@@](O)(CC(=O)O)C(=O)OC(C)(C)C. The van der Waals surface area contributed by atoms with Crippen molar-refractivity contribution in [1.29, 1.82) is 0 Å². The van der Waals surface area contributed by atoms with Crippen LogP contribution in [0.4, 0.5) is 0 Å². The Morgan fingerprint density at radius 1 is 0.843 bits per heavy atom. The molecule has 288 valence electrons. The van der Waals surface area contributed by atoms with Gasteiger partial charge in [0.05, 0.1) is 26.1 Å². The Bertz CT molecular complexity index is 1240. The highest BCUT2D eigenvalue weighted by molar-refractivity contribution is 5.95. The summed E-state index contributed by atoms with van der Waals surface area (Å²) in [7, 11) is 1.18. The number of ether oxygens (including phenoxy) is 3. The van der Waals surface area contributed by atoms with Gasteiger partial charge in [0.2, 0.25) is 5.91 Å². The molecule has 0 bridgehead atoms. The van der Waals surface area contributed by atoms with E-state index in [1.807, 2.05) is 0 Å². The number of esters is 2. The van der Waals surface area contributed by atoms with Gasteiger partial charge in [-0.2, -0.15) is 0 Å². The Morgan fingerprint density at radius 2 is 1.43 bits per heavy atom. The molecule has 0 aliphatic rings. The number of amides is 1. The third kappa shape index (κ3) is 18.9. The van der Waals surface area contributed by atoms with Gasteiger partial charge in [0.15, 0.2) is 5.60 Å². The maximum absolute atomic E-state index is 13.9. The molecule has 1 aromatic rings. The van der Waals surface area contributed by atoms with Crippen molar-refractivity contribution in [3.63, 3.8) is 0 Å². The fraction of sp³-hybridized carbons (Fsp3) is 0.675. The number of Topliss-reactive ketones (excluding diaryl/α,β-unsaturated/α-hetero) is 1. The van der Waals surface area contributed by atoms with Crippen molar-refractivity contribution in [2.24, 2.45) is 5.92 Å². The van der Waals surface area contributed by atoms with Crippen molar-refractivity contribution in [1.82, 2.24) is 5.32 Å². The minimum Gasteiger partial charge on any atom is -0.494 e. The van der Waals surface area contributed by atoms with Crippen LogP contribution in [0.2, 0.25) is 0 Å². The van der Waals surface area contributed by atoms with Crippen LogP contribution in [0, 0.1) is 5.92 Å². The van der Waals surface area contributed by atoms with Gasteiger partial charge in [-0.15, -0.1) is 0 Å². The van der Waals surface area contributed by atoms with Gasteiger partial charge in [-0.3, -0.25) is 14.4 Å². The van der Waals surface area contributed by atoms with Gasteiger partial charge in [-0.1, -0.05) is 83.1 Å². The quantitative estimate of drug-likeness (QED) is 0.0488. The third-order valence-electron chi connectivity index (χ3n) is 8.37. The number of aliphatic hydroxyl groups is 1. The number of benzene rings is 1. The van der Waals surface area contributed by atoms with E-state index in [0.29, 0.717) is 49.4 Å². The van der Waals surface area contributed by atoms with Gasteiger partial charge >= 0.3 is 17.9 Å². The summed E-state index contributed by atoms with van der Waals surface area (Å²) in [4.78, 5) is 64.2. The molecule has 0 fully saturated rings. The summed E-state index contributed by atoms with van der Waals surface area (Å²) in [5.41, 5.74) is -3.19. The number of carbonyl (C=O) groups is 5. The molecule has 0 aromatic heterocycles. The van der Waals surface area contributed by atoms with Crippen molar-refractivity contribution in [2.75, 3.05) is 13.7 Å². The Labute approximate surface area is 304 Å². The second-order valence-electron chi connectivity index (χ2n) is 14.2. The van der Waals surface area contributed by atoms with Crippen molar-refractivity contribution in [3.05, 3.63) is 42.0 Å². The summed E-state index contributed by atoms with van der Waals surface area (Å²) in [6.07, 6.45) is 14.2. The number of nitrogens with one attached hydrogen (secondary N) is 1. The number of allylic oxidation sites excluding steroid dienone is 1. The molecular formula is C40H63NO10. The number of aliphatic carboxylic acids is 1. The van der Waals surface area contributed by atoms with Crippen LogP contribution in [-0.4, -0.2) is 70.8 Å². The molecule has 1 rings (SSSR count). The highest BCUT2D eigenvalue weighted by Gasteiger charge is 2.51. The fourth-order valence-electron chi connectivity index (χ4n) is 5.48. The molecule has 0 aliphatic carbocycles. The molecule has 0 saturated heterocycles. The zero-order chi connectivity index (χ0) is 38.3. The molecule has 0 spiro atoms. The number of carbonyl (C=O) groups excluding carboxylic acids is 4. The lowest BCUT2D eigenvalue weighted by molar-refractivity contribution is -0.187. The van der Waals surface area contributed by atoms with E-state index in [1.54, 1.807) is 51.1 Å². The van der Waals surface area contributed by atoms with E-state index in [2.05, 4.69) is 19.2 Å². The Kier molecular flexibility index (Phi) is 21.7. The number of methoxy groups -OCH3 is 1. The number of carboxylic acid groups (broad SMARTS) is 1. The standard InChI is InChI=1S/C40H63NO10/c1-7-9-11-14-17-20-31(42)21-18-15-12-13-16-19-22-33(40(48,29-35(43)44)38(47)51-39(3,4)5)36(45)41-34(37(46)49-6)28-30-23-25-32(26-24-30)50-27-10-8-2/h19,22-26,33-34,48H,7-18,20-21,27-29H2,1-6H3,(H,41,45)(H,43,44)/t33-,34+,40+/m1/s1. The van der Waals surface area contributed by atoms with Gasteiger partial charge in [-0.25, -0.2) is 9.59 Å². The first-order valence-corrected chi connectivity index (χ1v) is 18.6. The van der Waals surface area contributed by atoms with E-state index in [1.165, 1.54) is 32.4 Å². The maximum atomic E-state index is 13.9. The van der Waals surface area contributed by atoms with Gasteiger partial charge in [0.1, 0.15) is 23.2 Å². The van der Waals surface area contributed by atoms with Gasteiger partial charge in [0, 0.05) is 19.3 Å². The molecule has 11 heteroatoms. The molecule has 0 radical (unpaired) electrons. The average Bonchev–Trinajstić information content (AvgIpc) is 3.06. The monoisotopic (exact) mass is 717 g/mol. The van der Waals surface area contributed by atoms with Crippen LogP contribution in [0.3, 0.4) is 0 Å². The van der Waals surface area contributed by atoms with E-state index in [0.717, 1.165) is 44.9 Å². The van der Waals surface area contributed by atoms with Crippen LogP contribution in [0.5, 0.6) is 5.75 Å². The van der Waals surface area contributed by atoms with Gasteiger partial charge in [0.25, 0.3) is 0 Å². The molecule has 1 aromatic carbocycles. The lowest BCUT2D eigenvalue weighted by Gasteiger charge is -2.34. The predicted octanol–water partition coefficient (Wildman–Crippen LogP) is 7.06. The molecule has 3 N–H and O–H groups in total. The number of hydrogen-bond acceptors (Lipinski definition) is 9. The number of rotatable bonds is 27.